The molecule has 2 heterocycles. The van der Waals surface area contributed by atoms with Gasteiger partial charge in [0.15, 0.2) is 0 Å². The zero-order valence-corrected chi connectivity index (χ0v) is 20.1. The number of aromatic nitrogens is 1. The summed E-state index contributed by atoms with van der Waals surface area (Å²) < 4.78 is 27.3. The number of thiophene rings is 1. The van der Waals surface area contributed by atoms with Crippen LogP contribution in [-0.4, -0.2) is 36.7 Å². The van der Waals surface area contributed by atoms with Crippen molar-refractivity contribution in [2.45, 2.75) is 39.5 Å². The fourth-order valence-corrected chi connectivity index (χ4v) is 6.36. The highest BCUT2D eigenvalue weighted by molar-refractivity contribution is 7.89. The molecule has 0 aliphatic heterocycles. The van der Waals surface area contributed by atoms with E-state index in [0.717, 1.165) is 21.7 Å². The molecule has 0 aliphatic carbocycles. The number of hydrogen-bond acceptors (Lipinski definition) is 6. The number of thiazole rings is 1. The van der Waals surface area contributed by atoms with Crippen LogP contribution in [-0.2, 0) is 10.0 Å². The lowest BCUT2D eigenvalue weighted by Gasteiger charge is -2.20. The largest absolute Gasteiger partial charge is 0.321 e. The second-order valence-electron chi connectivity index (χ2n) is 6.90. The summed E-state index contributed by atoms with van der Waals surface area (Å²) in [4.78, 5) is 18.2. The molecule has 0 unspecified atom stereocenters. The number of rotatable bonds is 7. The smallest absolute Gasteiger partial charge is 0.267 e. The molecule has 0 bridgehead atoms. The number of aryl methyl sites for hydroxylation is 2. The third-order valence-electron chi connectivity index (χ3n) is 5.00. The van der Waals surface area contributed by atoms with Crippen LogP contribution >= 0.6 is 22.7 Å². The van der Waals surface area contributed by atoms with Crippen LogP contribution in [0.25, 0.3) is 10.6 Å². The molecule has 30 heavy (non-hydrogen) atoms. The van der Waals surface area contributed by atoms with Crippen LogP contribution in [0.4, 0.5) is 5.69 Å². The second kappa shape index (κ2) is 8.97. The number of hydrogen-bond donors (Lipinski definition) is 1. The molecule has 1 amide bonds. The highest BCUT2D eigenvalue weighted by Crippen LogP contribution is 2.31. The minimum atomic E-state index is -3.62. The number of nitrogens with one attached hydrogen (secondary N) is 1. The zero-order chi connectivity index (χ0) is 22.1. The summed E-state index contributed by atoms with van der Waals surface area (Å²) in [5.41, 5.74) is 3.78. The minimum absolute atomic E-state index is 0.185. The Morgan fingerprint density at radius 3 is 2.47 bits per heavy atom. The number of nitrogens with zero attached hydrogens (tertiary/aromatic N) is 2. The van der Waals surface area contributed by atoms with E-state index in [0.29, 0.717) is 29.3 Å². The van der Waals surface area contributed by atoms with Gasteiger partial charge in [0.1, 0.15) is 9.88 Å². The van der Waals surface area contributed by atoms with Crippen molar-refractivity contribution in [1.82, 2.24) is 9.29 Å². The molecule has 1 aromatic carbocycles. The maximum absolute atomic E-state index is 13.0. The van der Waals surface area contributed by atoms with Gasteiger partial charge in [0, 0.05) is 29.7 Å². The van der Waals surface area contributed by atoms with Crippen LogP contribution in [0.3, 0.4) is 0 Å². The average molecular weight is 464 g/mol. The molecule has 3 aromatic rings. The standard InChI is InChI=1S/C21H25N3O3S3/c1-6-24(7-2)30(26,27)17-10-13(3)14(4)18(11-17)23-20(25)19-15(5)22-21(29-19)16-8-9-28-12-16/h8-12H,6-7H2,1-5H3,(H,23,25). The van der Waals surface area contributed by atoms with E-state index in [4.69, 9.17) is 0 Å². The predicted molar refractivity (Wildman–Crippen MR) is 124 cm³/mol. The van der Waals surface area contributed by atoms with Gasteiger partial charge in [-0.25, -0.2) is 13.4 Å². The van der Waals surface area contributed by atoms with E-state index in [1.165, 1.54) is 15.6 Å². The maximum atomic E-state index is 13.0. The van der Waals surface area contributed by atoms with Crippen molar-refractivity contribution in [1.29, 1.82) is 0 Å². The molecule has 2 aromatic heterocycles. The van der Waals surface area contributed by atoms with E-state index < -0.39 is 10.0 Å². The lowest BCUT2D eigenvalue weighted by Crippen LogP contribution is -2.30. The predicted octanol–water partition coefficient (Wildman–Crippen LogP) is 5.08. The fraction of sp³-hybridized carbons (Fsp3) is 0.333. The van der Waals surface area contributed by atoms with Gasteiger partial charge in [-0.2, -0.15) is 15.6 Å². The first kappa shape index (κ1) is 22.6. The van der Waals surface area contributed by atoms with Crippen LogP contribution in [0.1, 0.15) is 40.3 Å². The molecule has 1 N–H and O–H groups in total. The van der Waals surface area contributed by atoms with Crippen LogP contribution < -0.4 is 5.32 Å². The van der Waals surface area contributed by atoms with Crippen molar-refractivity contribution < 1.29 is 13.2 Å². The molecule has 0 saturated carbocycles. The zero-order valence-electron chi connectivity index (χ0n) is 17.6. The van der Waals surface area contributed by atoms with E-state index in [1.54, 1.807) is 30.4 Å². The highest BCUT2D eigenvalue weighted by atomic mass is 32.2. The second-order valence-corrected chi connectivity index (χ2v) is 10.6. The van der Waals surface area contributed by atoms with E-state index in [1.807, 2.05) is 44.5 Å². The number of carbonyl (C=O) groups is 1. The molecule has 160 valence electrons. The summed E-state index contributed by atoms with van der Waals surface area (Å²) in [5.74, 6) is -0.286. The van der Waals surface area contributed by atoms with Crippen LogP contribution in [0.15, 0.2) is 33.9 Å². The van der Waals surface area contributed by atoms with Gasteiger partial charge >= 0.3 is 0 Å². The van der Waals surface area contributed by atoms with Crippen molar-refractivity contribution in [3.63, 3.8) is 0 Å². The summed E-state index contributed by atoms with van der Waals surface area (Å²) in [7, 11) is -3.62. The summed E-state index contributed by atoms with van der Waals surface area (Å²) in [6.45, 7) is 9.91. The Kier molecular flexibility index (Phi) is 6.76. The Labute approximate surface area is 185 Å². The monoisotopic (exact) mass is 463 g/mol. The lowest BCUT2D eigenvalue weighted by atomic mass is 10.1. The lowest BCUT2D eigenvalue weighted by molar-refractivity contribution is 0.102. The Hall–Kier alpha value is -2.07. The molecule has 6 nitrogen and oxygen atoms in total. The van der Waals surface area contributed by atoms with Crippen LogP contribution in [0.5, 0.6) is 0 Å². The maximum Gasteiger partial charge on any atom is 0.267 e. The van der Waals surface area contributed by atoms with Crippen molar-refractivity contribution in [3.8, 4) is 10.6 Å². The van der Waals surface area contributed by atoms with Gasteiger partial charge in [-0.1, -0.05) is 13.8 Å². The Morgan fingerprint density at radius 2 is 1.87 bits per heavy atom. The molecule has 0 saturated heterocycles. The van der Waals surface area contributed by atoms with Gasteiger partial charge < -0.3 is 5.32 Å². The number of benzene rings is 1. The van der Waals surface area contributed by atoms with Gasteiger partial charge in [-0.3, -0.25) is 4.79 Å². The van der Waals surface area contributed by atoms with Crippen molar-refractivity contribution in [2.24, 2.45) is 0 Å². The first-order valence-electron chi connectivity index (χ1n) is 9.61. The van der Waals surface area contributed by atoms with Crippen molar-refractivity contribution >= 4 is 44.3 Å². The summed E-state index contributed by atoms with van der Waals surface area (Å²) in [5, 5.41) is 7.67. The Morgan fingerprint density at radius 1 is 1.17 bits per heavy atom. The molecule has 9 heteroatoms. The van der Waals surface area contributed by atoms with E-state index in [-0.39, 0.29) is 10.8 Å². The minimum Gasteiger partial charge on any atom is -0.321 e. The first-order valence-corrected chi connectivity index (χ1v) is 12.8. The number of anilines is 1. The Balaban J connectivity index is 1.95. The number of amides is 1. The van der Waals surface area contributed by atoms with Gasteiger partial charge in [0.05, 0.1) is 10.6 Å². The number of sulfonamides is 1. The van der Waals surface area contributed by atoms with Crippen molar-refractivity contribution in [2.75, 3.05) is 18.4 Å². The fourth-order valence-electron chi connectivity index (χ4n) is 3.11. The quantitative estimate of drug-likeness (QED) is 0.530. The SMILES string of the molecule is CCN(CC)S(=O)(=O)c1cc(C)c(C)c(NC(=O)c2sc(-c3ccsc3)nc2C)c1. The molecule has 0 radical (unpaired) electrons. The molecular formula is C21H25N3O3S3. The van der Waals surface area contributed by atoms with Crippen LogP contribution in [0, 0.1) is 20.8 Å². The van der Waals surface area contributed by atoms with Gasteiger partial charge in [-0.05, 0) is 55.5 Å². The summed E-state index contributed by atoms with van der Waals surface area (Å²) in [6, 6.07) is 5.18. The normalized spacial score (nSPS) is 11.8. The summed E-state index contributed by atoms with van der Waals surface area (Å²) in [6.07, 6.45) is 0. The Bertz CT molecular complexity index is 1160. The van der Waals surface area contributed by atoms with Gasteiger partial charge in [0.2, 0.25) is 10.0 Å². The summed E-state index contributed by atoms with van der Waals surface area (Å²) >= 11 is 2.91. The van der Waals surface area contributed by atoms with Crippen molar-refractivity contribution in [3.05, 3.63) is 50.7 Å². The van der Waals surface area contributed by atoms with Crippen LogP contribution in [0.2, 0.25) is 0 Å². The highest BCUT2D eigenvalue weighted by Gasteiger charge is 2.24. The molecule has 0 spiro atoms. The number of carbonyl (C=O) groups excluding carboxylic acids is 1. The van der Waals surface area contributed by atoms with E-state index >= 15 is 0 Å². The molecular weight excluding hydrogens is 438 g/mol. The molecule has 0 aliphatic rings. The van der Waals surface area contributed by atoms with E-state index in [2.05, 4.69) is 10.3 Å². The van der Waals surface area contributed by atoms with Gasteiger partial charge in [-0.15, -0.1) is 11.3 Å². The molecule has 0 fully saturated rings. The van der Waals surface area contributed by atoms with E-state index in [9.17, 15) is 13.2 Å². The third-order valence-corrected chi connectivity index (χ3v) is 8.92. The average Bonchev–Trinajstić information content (AvgIpc) is 3.35. The van der Waals surface area contributed by atoms with Gasteiger partial charge in [0.25, 0.3) is 5.91 Å². The molecule has 3 rings (SSSR count). The first-order chi connectivity index (χ1) is 14.2. The third kappa shape index (κ3) is 4.34. The molecule has 0 atom stereocenters. The topological polar surface area (TPSA) is 79.4 Å².